The fourth-order valence-corrected chi connectivity index (χ4v) is 6.38. The molecule has 1 N–H and O–H groups in total. The Hall–Kier alpha value is -2.59. The van der Waals surface area contributed by atoms with Gasteiger partial charge >= 0.3 is 0 Å². The topological polar surface area (TPSA) is 75.7 Å². The summed E-state index contributed by atoms with van der Waals surface area (Å²) in [5, 5.41) is -2.28. The van der Waals surface area contributed by atoms with Crippen molar-refractivity contribution in [2.75, 3.05) is 13.2 Å². The van der Waals surface area contributed by atoms with E-state index < -0.39 is 38.7 Å². The van der Waals surface area contributed by atoms with E-state index in [-0.39, 0.29) is 60.6 Å². The number of alkyl halides is 1. The first-order chi connectivity index (χ1) is 16.2. The number of benzene rings is 2. The van der Waals surface area contributed by atoms with Crippen LogP contribution in [0.25, 0.3) is 11.1 Å². The zero-order chi connectivity index (χ0) is 24.1. The molecule has 0 spiro atoms. The monoisotopic (exact) mass is 494 g/mol. The van der Waals surface area contributed by atoms with Crippen LogP contribution in [0.5, 0.6) is 5.75 Å². The second-order valence-electron chi connectivity index (χ2n) is 9.11. The largest absolute Gasteiger partial charge is 0.489 e. The molecule has 182 valence electrons. The van der Waals surface area contributed by atoms with Gasteiger partial charge in [-0.3, -0.25) is 4.79 Å². The van der Waals surface area contributed by atoms with Crippen molar-refractivity contribution >= 4 is 15.9 Å². The average Bonchev–Trinajstić information content (AvgIpc) is 3.56. The second kappa shape index (κ2) is 8.57. The number of para-hydroxylation sites is 1. The van der Waals surface area contributed by atoms with E-state index in [1.807, 2.05) is 0 Å². The van der Waals surface area contributed by atoms with Gasteiger partial charge in [0.05, 0.1) is 19.1 Å². The Balaban J connectivity index is 1.57. The third-order valence-electron chi connectivity index (χ3n) is 6.86. The highest BCUT2D eigenvalue weighted by atomic mass is 32.2. The molecule has 1 aliphatic carbocycles. The number of fused-ring (bicyclic) bond motifs is 5. The predicted molar refractivity (Wildman–Crippen MR) is 119 cm³/mol. The molecular weight excluding hydrogens is 469 g/mol. The van der Waals surface area contributed by atoms with Crippen molar-refractivity contribution in [2.45, 2.75) is 55.6 Å². The summed E-state index contributed by atoms with van der Waals surface area (Å²) >= 11 is 0. The summed E-state index contributed by atoms with van der Waals surface area (Å²) in [6, 6.07) is 7.47. The zero-order valence-corrected chi connectivity index (χ0v) is 19.2. The summed E-state index contributed by atoms with van der Waals surface area (Å²) in [5.74, 6) is -1.68. The Kier molecular flexibility index (Phi) is 5.84. The molecule has 34 heavy (non-hydrogen) atoms. The number of sulfonamides is 1. The summed E-state index contributed by atoms with van der Waals surface area (Å²) < 4.78 is 78.0. The highest BCUT2D eigenvalue weighted by molar-refractivity contribution is 7.91. The van der Waals surface area contributed by atoms with Crippen LogP contribution >= 0.6 is 0 Å². The maximum atomic E-state index is 15.7. The van der Waals surface area contributed by atoms with Crippen LogP contribution in [0.4, 0.5) is 13.2 Å². The molecule has 2 aromatic carbocycles. The highest BCUT2D eigenvalue weighted by Crippen LogP contribution is 2.45. The van der Waals surface area contributed by atoms with Gasteiger partial charge in [0.2, 0.25) is 20.9 Å². The number of hydrogen-bond donors (Lipinski definition) is 1. The number of amides is 1. The summed E-state index contributed by atoms with van der Waals surface area (Å²) in [5.41, 5.74) is 0.640. The number of piperidine rings is 1. The van der Waals surface area contributed by atoms with Gasteiger partial charge in [-0.25, -0.2) is 26.3 Å². The van der Waals surface area contributed by atoms with Gasteiger partial charge in [-0.15, -0.1) is 0 Å². The van der Waals surface area contributed by atoms with E-state index in [0.717, 1.165) is 0 Å². The van der Waals surface area contributed by atoms with E-state index in [2.05, 4.69) is 4.72 Å². The van der Waals surface area contributed by atoms with Crippen LogP contribution in [0.1, 0.15) is 37.7 Å². The van der Waals surface area contributed by atoms with Gasteiger partial charge in [0.15, 0.2) is 11.6 Å². The van der Waals surface area contributed by atoms with Crippen molar-refractivity contribution in [3.05, 3.63) is 53.6 Å². The fourth-order valence-electron chi connectivity index (χ4n) is 4.85. The lowest BCUT2D eigenvalue weighted by atomic mass is 9.89. The molecule has 0 unspecified atom stereocenters. The Morgan fingerprint density at radius 2 is 1.82 bits per heavy atom. The molecule has 2 fully saturated rings. The first kappa shape index (κ1) is 23.2. The molecular formula is C24H25F3N2O4S. The van der Waals surface area contributed by atoms with Gasteiger partial charge in [-0.2, -0.15) is 0 Å². The van der Waals surface area contributed by atoms with E-state index in [0.29, 0.717) is 19.4 Å². The molecule has 2 bridgehead atoms. The Morgan fingerprint density at radius 3 is 2.59 bits per heavy atom. The van der Waals surface area contributed by atoms with Crippen LogP contribution in [0.2, 0.25) is 0 Å². The molecule has 6 nitrogen and oxygen atoms in total. The molecule has 2 aliphatic heterocycles. The number of halogens is 3. The highest BCUT2D eigenvalue weighted by Gasteiger charge is 2.57. The summed E-state index contributed by atoms with van der Waals surface area (Å²) in [6.07, 6.45) is 0.750. The van der Waals surface area contributed by atoms with Gasteiger partial charge in [0, 0.05) is 36.6 Å². The van der Waals surface area contributed by atoms with Gasteiger partial charge < -0.3 is 9.64 Å². The van der Waals surface area contributed by atoms with Crippen molar-refractivity contribution in [1.29, 1.82) is 0 Å². The van der Waals surface area contributed by atoms with Crippen molar-refractivity contribution in [3.8, 4) is 16.9 Å². The van der Waals surface area contributed by atoms with Crippen LogP contribution in [-0.4, -0.2) is 49.5 Å². The first-order valence-corrected chi connectivity index (χ1v) is 12.9. The number of nitrogens with zero attached hydrogens (tertiary/aromatic N) is 1. The van der Waals surface area contributed by atoms with Gasteiger partial charge in [0.25, 0.3) is 0 Å². The SMILES string of the molecule is O=C1CCOc2c(F)cccc2-c2cccc(c2F)C[C@H]2[C@@H](NS(=O)(=O)C3(F)CC3)CCCN12. The predicted octanol–water partition coefficient (Wildman–Crippen LogP) is 3.70. The smallest absolute Gasteiger partial charge is 0.247 e. The molecule has 3 aliphatic rings. The van der Waals surface area contributed by atoms with Crippen molar-refractivity contribution in [3.63, 3.8) is 0 Å². The minimum absolute atomic E-state index is 0.0311. The van der Waals surface area contributed by atoms with E-state index in [1.165, 1.54) is 23.1 Å². The van der Waals surface area contributed by atoms with Crippen LogP contribution in [0, 0.1) is 11.6 Å². The molecule has 2 atom stereocenters. The quantitative estimate of drug-likeness (QED) is 0.706. The average molecular weight is 495 g/mol. The molecule has 1 saturated heterocycles. The van der Waals surface area contributed by atoms with Crippen LogP contribution in [0.3, 0.4) is 0 Å². The summed E-state index contributed by atoms with van der Waals surface area (Å²) in [4.78, 5) is 14.6. The van der Waals surface area contributed by atoms with Gasteiger partial charge in [-0.05, 0) is 30.9 Å². The summed E-state index contributed by atoms with van der Waals surface area (Å²) in [6.45, 7) is 0.232. The fraction of sp³-hybridized carbons (Fsp3) is 0.458. The van der Waals surface area contributed by atoms with Gasteiger partial charge in [0.1, 0.15) is 5.82 Å². The van der Waals surface area contributed by atoms with E-state index in [1.54, 1.807) is 18.2 Å². The molecule has 0 radical (unpaired) electrons. The normalized spacial score (nSPS) is 24.2. The van der Waals surface area contributed by atoms with E-state index >= 15 is 4.39 Å². The standard InChI is InChI=1S/C24H25F3N2O4S/c25-18-7-2-6-17-16-5-1-4-15(22(16)26)14-20-19(28-34(31,32)24(27)10-11-24)8-3-12-29(20)21(30)9-13-33-23(17)18/h1-2,4-7,19-20,28H,3,8-14H2/t19-,20-/m0/s1. The maximum absolute atomic E-state index is 15.7. The lowest BCUT2D eigenvalue weighted by molar-refractivity contribution is -0.136. The van der Waals surface area contributed by atoms with E-state index in [4.69, 9.17) is 4.74 Å². The van der Waals surface area contributed by atoms with Crippen molar-refractivity contribution in [2.24, 2.45) is 0 Å². The molecule has 1 amide bonds. The summed E-state index contributed by atoms with van der Waals surface area (Å²) in [7, 11) is -4.24. The molecule has 5 rings (SSSR count). The number of ether oxygens (including phenoxy) is 1. The van der Waals surface area contributed by atoms with E-state index in [9.17, 15) is 22.0 Å². The van der Waals surface area contributed by atoms with Crippen LogP contribution < -0.4 is 9.46 Å². The number of carbonyl (C=O) groups excluding carboxylic acids is 1. The van der Waals surface area contributed by atoms with Gasteiger partial charge in [-0.1, -0.05) is 30.3 Å². The Bertz CT molecular complexity index is 1230. The zero-order valence-electron chi connectivity index (χ0n) is 18.4. The lowest BCUT2D eigenvalue weighted by Gasteiger charge is -2.42. The Morgan fingerprint density at radius 1 is 1.09 bits per heavy atom. The molecule has 0 aromatic heterocycles. The second-order valence-corrected chi connectivity index (χ2v) is 11.1. The van der Waals surface area contributed by atoms with Crippen LogP contribution in [0.15, 0.2) is 36.4 Å². The third kappa shape index (κ3) is 4.07. The molecule has 2 heterocycles. The van der Waals surface area contributed by atoms with Crippen molar-refractivity contribution < 1.29 is 31.1 Å². The minimum Gasteiger partial charge on any atom is -0.489 e. The minimum atomic E-state index is -4.24. The number of nitrogens with one attached hydrogen (secondary N) is 1. The van der Waals surface area contributed by atoms with Crippen molar-refractivity contribution in [1.82, 2.24) is 9.62 Å². The maximum Gasteiger partial charge on any atom is 0.247 e. The number of carbonyl (C=O) groups is 1. The Labute approximate surface area is 196 Å². The molecule has 10 heteroatoms. The molecule has 1 saturated carbocycles. The third-order valence-corrected chi connectivity index (χ3v) is 8.84. The first-order valence-electron chi connectivity index (χ1n) is 11.4. The van der Waals surface area contributed by atoms with Crippen LogP contribution in [-0.2, 0) is 21.2 Å². The number of hydrogen-bond acceptors (Lipinski definition) is 4. The lowest BCUT2D eigenvalue weighted by Crippen LogP contribution is -2.59. The number of rotatable bonds is 3. The molecule has 2 aromatic rings.